The lowest BCUT2D eigenvalue weighted by atomic mass is 10.1. The summed E-state index contributed by atoms with van der Waals surface area (Å²) in [5, 5.41) is 2.08. The van der Waals surface area contributed by atoms with Gasteiger partial charge in [0.25, 0.3) is 0 Å². The highest BCUT2D eigenvalue weighted by atomic mass is 35.5. The molecule has 3 heteroatoms. The number of rotatable bonds is 4. The SMILES string of the molecule is CC(O[Si](C)(C)c1ccccc1)c1ccc(Cl)cc1. The fourth-order valence-corrected chi connectivity index (χ4v) is 4.43. The Morgan fingerprint density at radius 3 is 2.11 bits per heavy atom. The molecule has 1 atom stereocenters. The molecule has 100 valence electrons. The van der Waals surface area contributed by atoms with E-state index in [1.54, 1.807) is 0 Å². The van der Waals surface area contributed by atoms with Crippen LogP contribution in [-0.2, 0) is 4.43 Å². The van der Waals surface area contributed by atoms with E-state index in [0.29, 0.717) is 0 Å². The molecule has 2 aromatic rings. The molecule has 0 aromatic heterocycles. The Kier molecular flexibility index (Phi) is 4.45. The van der Waals surface area contributed by atoms with Crippen LogP contribution in [0.5, 0.6) is 0 Å². The third-order valence-corrected chi connectivity index (χ3v) is 6.20. The highest BCUT2D eigenvalue weighted by Gasteiger charge is 2.27. The molecular formula is C16H19ClOSi. The van der Waals surface area contributed by atoms with Crippen LogP contribution in [0.25, 0.3) is 0 Å². The van der Waals surface area contributed by atoms with Crippen molar-refractivity contribution in [1.29, 1.82) is 0 Å². The van der Waals surface area contributed by atoms with Gasteiger partial charge in [0.15, 0.2) is 0 Å². The van der Waals surface area contributed by atoms with Crippen molar-refractivity contribution in [3.05, 3.63) is 65.2 Å². The van der Waals surface area contributed by atoms with Crippen LogP contribution >= 0.6 is 11.6 Å². The molecule has 2 aromatic carbocycles. The van der Waals surface area contributed by atoms with Crippen LogP contribution in [0.2, 0.25) is 18.1 Å². The predicted octanol–water partition coefficient (Wildman–Crippen LogP) is 4.53. The number of hydrogen-bond acceptors (Lipinski definition) is 1. The van der Waals surface area contributed by atoms with Gasteiger partial charge in [0.2, 0.25) is 8.32 Å². The molecule has 0 aliphatic rings. The predicted molar refractivity (Wildman–Crippen MR) is 84.5 cm³/mol. The van der Waals surface area contributed by atoms with E-state index in [1.807, 2.05) is 30.3 Å². The van der Waals surface area contributed by atoms with Crippen LogP contribution in [0.4, 0.5) is 0 Å². The molecule has 1 unspecified atom stereocenters. The summed E-state index contributed by atoms with van der Waals surface area (Å²) in [5.74, 6) is 0. The Bertz CT molecular complexity index is 522. The Hall–Kier alpha value is -1.09. The normalized spacial score (nSPS) is 13.3. The van der Waals surface area contributed by atoms with Gasteiger partial charge in [-0.1, -0.05) is 54.1 Å². The van der Waals surface area contributed by atoms with Gasteiger partial charge in [-0.05, 0) is 42.9 Å². The molecule has 0 radical (unpaired) electrons. The Morgan fingerprint density at radius 1 is 0.947 bits per heavy atom. The molecule has 0 bridgehead atoms. The summed E-state index contributed by atoms with van der Waals surface area (Å²) in [7, 11) is -1.87. The van der Waals surface area contributed by atoms with Crippen molar-refractivity contribution in [3.63, 3.8) is 0 Å². The Morgan fingerprint density at radius 2 is 1.53 bits per heavy atom. The van der Waals surface area contributed by atoms with E-state index in [0.717, 1.165) is 5.02 Å². The average Bonchev–Trinajstić information content (AvgIpc) is 2.40. The van der Waals surface area contributed by atoms with Crippen LogP contribution in [-0.4, -0.2) is 8.32 Å². The fourth-order valence-electron chi connectivity index (χ4n) is 2.15. The van der Waals surface area contributed by atoms with Crippen LogP contribution in [0.1, 0.15) is 18.6 Å². The molecular weight excluding hydrogens is 272 g/mol. The number of halogens is 1. The maximum absolute atomic E-state index is 6.35. The molecule has 0 heterocycles. The van der Waals surface area contributed by atoms with E-state index in [-0.39, 0.29) is 6.10 Å². The second kappa shape index (κ2) is 5.91. The first-order valence-electron chi connectivity index (χ1n) is 6.48. The minimum atomic E-state index is -1.87. The quantitative estimate of drug-likeness (QED) is 0.752. The van der Waals surface area contributed by atoms with E-state index in [9.17, 15) is 0 Å². The summed E-state index contributed by atoms with van der Waals surface area (Å²) in [5.41, 5.74) is 1.17. The third kappa shape index (κ3) is 3.69. The van der Waals surface area contributed by atoms with Crippen LogP contribution in [0.3, 0.4) is 0 Å². The van der Waals surface area contributed by atoms with Crippen molar-refractivity contribution in [1.82, 2.24) is 0 Å². The first kappa shape index (κ1) is 14.3. The highest BCUT2D eigenvalue weighted by Crippen LogP contribution is 2.23. The standard InChI is InChI=1S/C16H19ClOSi/c1-13(14-9-11-15(17)12-10-14)18-19(2,3)16-7-5-4-6-8-16/h4-13H,1-3H3. The minimum absolute atomic E-state index is 0.0825. The van der Waals surface area contributed by atoms with Gasteiger partial charge in [-0.25, -0.2) is 0 Å². The molecule has 19 heavy (non-hydrogen) atoms. The summed E-state index contributed by atoms with van der Waals surface area (Å²) in [4.78, 5) is 0. The first-order valence-corrected chi connectivity index (χ1v) is 9.76. The van der Waals surface area contributed by atoms with Crippen LogP contribution in [0, 0.1) is 0 Å². The maximum Gasteiger partial charge on any atom is 0.218 e. The van der Waals surface area contributed by atoms with Crippen LogP contribution in [0.15, 0.2) is 54.6 Å². The van der Waals surface area contributed by atoms with Gasteiger partial charge in [-0.3, -0.25) is 0 Å². The molecule has 0 amide bonds. The zero-order chi connectivity index (χ0) is 13.9. The number of benzene rings is 2. The minimum Gasteiger partial charge on any atom is -0.406 e. The zero-order valence-electron chi connectivity index (χ0n) is 11.6. The summed E-state index contributed by atoms with van der Waals surface area (Å²) in [6, 6.07) is 18.4. The highest BCUT2D eigenvalue weighted by molar-refractivity contribution is 6.84. The zero-order valence-corrected chi connectivity index (χ0v) is 13.3. The van der Waals surface area contributed by atoms with Crippen molar-refractivity contribution >= 4 is 25.1 Å². The Labute approximate surface area is 121 Å². The van der Waals surface area contributed by atoms with Crippen molar-refractivity contribution in [2.45, 2.75) is 26.1 Å². The van der Waals surface area contributed by atoms with Crippen molar-refractivity contribution in [3.8, 4) is 0 Å². The van der Waals surface area contributed by atoms with Crippen LogP contribution < -0.4 is 5.19 Å². The van der Waals surface area contributed by atoms with Gasteiger partial charge in [0, 0.05) is 5.02 Å². The summed E-state index contributed by atoms with van der Waals surface area (Å²) < 4.78 is 6.35. The largest absolute Gasteiger partial charge is 0.406 e. The van der Waals surface area contributed by atoms with E-state index in [1.165, 1.54) is 10.8 Å². The van der Waals surface area contributed by atoms with Crippen molar-refractivity contribution in [2.75, 3.05) is 0 Å². The van der Waals surface area contributed by atoms with Crippen molar-refractivity contribution < 1.29 is 4.43 Å². The average molecular weight is 291 g/mol. The van der Waals surface area contributed by atoms with Gasteiger partial charge in [0.1, 0.15) is 0 Å². The van der Waals surface area contributed by atoms with E-state index >= 15 is 0 Å². The summed E-state index contributed by atoms with van der Waals surface area (Å²) in [6.45, 7) is 6.56. The monoisotopic (exact) mass is 290 g/mol. The molecule has 2 rings (SSSR count). The molecule has 0 aliphatic heterocycles. The van der Waals surface area contributed by atoms with Gasteiger partial charge in [-0.15, -0.1) is 0 Å². The van der Waals surface area contributed by atoms with Gasteiger partial charge < -0.3 is 4.43 Å². The molecule has 0 spiro atoms. The summed E-state index contributed by atoms with van der Waals surface area (Å²) >= 11 is 5.91. The fraction of sp³-hybridized carbons (Fsp3) is 0.250. The second-order valence-corrected chi connectivity index (χ2v) is 9.46. The maximum atomic E-state index is 6.35. The van der Waals surface area contributed by atoms with E-state index < -0.39 is 8.32 Å². The molecule has 1 nitrogen and oxygen atoms in total. The lowest BCUT2D eigenvalue weighted by Crippen LogP contribution is -2.45. The molecule has 0 saturated carbocycles. The second-order valence-electron chi connectivity index (χ2n) is 5.19. The van der Waals surface area contributed by atoms with Gasteiger partial charge in [0.05, 0.1) is 6.10 Å². The molecule has 0 aliphatic carbocycles. The van der Waals surface area contributed by atoms with E-state index in [2.05, 4.69) is 44.3 Å². The smallest absolute Gasteiger partial charge is 0.218 e. The van der Waals surface area contributed by atoms with Crippen molar-refractivity contribution in [2.24, 2.45) is 0 Å². The van der Waals surface area contributed by atoms with Gasteiger partial charge >= 0.3 is 0 Å². The first-order chi connectivity index (χ1) is 8.99. The summed E-state index contributed by atoms with van der Waals surface area (Å²) in [6.07, 6.45) is 0.0825. The van der Waals surface area contributed by atoms with Gasteiger partial charge in [-0.2, -0.15) is 0 Å². The number of hydrogen-bond donors (Lipinski definition) is 0. The third-order valence-electron chi connectivity index (χ3n) is 3.28. The topological polar surface area (TPSA) is 9.23 Å². The Balaban J connectivity index is 2.14. The molecule has 0 N–H and O–H groups in total. The molecule has 0 saturated heterocycles. The molecule has 0 fully saturated rings. The lowest BCUT2D eigenvalue weighted by molar-refractivity contribution is 0.222. The van der Waals surface area contributed by atoms with E-state index in [4.69, 9.17) is 16.0 Å². The lowest BCUT2D eigenvalue weighted by Gasteiger charge is -2.28.